The second kappa shape index (κ2) is 5.85. The normalized spacial score (nSPS) is 12.9. The van der Waals surface area contributed by atoms with Crippen LogP contribution in [0, 0.1) is 11.7 Å². The Bertz CT molecular complexity index is 325. The number of hydrogen-bond acceptors (Lipinski definition) is 2. The summed E-state index contributed by atoms with van der Waals surface area (Å²) in [5.74, 6) is 0.380. The molecule has 0 radical (unpaired) electrons. The predicted octanol–water partition coefficient (Wildman–Crippen LogP) is 2.64. The molecule has 1 rings (SSSR count). The predicted molar refractivity (Wildman–Crippen MR) is 67.1 cm³/mol. The number of rotatable bonds is 5. The van der Waals surface area contributed by atoms with Gasteiger partial charge in [0.25, 0.3) is 0 Å². The Hall–Kier alpha value is -1.09. The van der Waals surface area contributed by atoms with Crippen molar-refractivity contribution in [1.29, 1.82) is 0 Å². The standard InChI is InChI=1S/C13H21FN2/c1-10(2)8-11(15)9-16(3)13-7-5-4-6-12(13)14/h4-7,10-11H,8-9,15H2,1-3H3. The first-order valence-electron chi connectivity index (χ1n) is 5.72. The Kier molecular flexibility index (Phi) is 4.74. The van der Waals surface area contributed by atoms with Crippen LogP contribution in [-0.2, 0) is 0 Å². The molecule has 2 nitrogen and oxygen atoms in total. The molecule has 0 aliphatic rings. The lowest BCUT2D eigenvalue weighted by Gasteiger charge is -2.24. The summed E-state index contributed by atoms with van der Waals surface area (Å²) in [6, 6.07) is 6.87. The maximum atomic E-state index is 13.5. The van der Waals surface area contributed by atoms with E-state index in [1.165, 1.54) is 6.07 Å². The van der Waals surface area contributed by atoms with E-state index in [4.69, 9.17) is 5.73 Å². The Labute approximate surface area is 97.3 Å². The van der Waals surface area contributed by atoms with E-state index in [-0.39, 0.29) is 11.9 Å². The van der Waals surface area contributed by atoms with Crippen LogP contribution in [0.4, 0.5) is 10.1 Å². The molecule has 0 spiro atoms. The summed E-state index contributed by atoms with van der Waals surface area (Å²) < 4.78 is 13.5. The number of nitrogens with two attached hydrogens (primary N) is 1. The van der Waals surface area contributed by atoms with E-state index in [1.54, 1.807) is 12.1 Å². The van der Waals surface area contributed by atoms with Gasteiger partial charge in [0.2, 0.25) is 0 Å². The van der Waals surface area contributed by atoms with E-state index >= 15 is 0 Å². The first-order valence-corrected chi connectivity index (χ1v) is 5.72. The van der Waals surface area contributed by atoms with Crippen molar-refractivity contribution >= 4 is 5.69 Å². The van der Waals surface area contributed by atoms with Crippen LogP contribution in [0.5, 0.6) is 0 Å². The van der Waals surface area contributed by atoms with E-state index in [0.717, 1.165) is 6.42 Å². The quantitative estimate of drug-likeness (QED) is 0.833. The van der Waals surface area contributed by atoms with Crippen molar-refractivity contribution in [1.82, 2.24) is 0 Å². The smallest absolute Gasteiger partial charge is 0.146 e. The summed E-state index contributed by atoms with van der Waals surface area (Å²) in [6.07, 6.45) is 0.957. The fourth-order valence-corrected chi connectivity index (χ4v) is 1.89. The molecule has 0 aliphatic carbocycles. The van der Waals surface area contributed by atoms with Gasteiger partial charge in [0.05, 0.1) is 5.69 Å². The molecule has 1 atom stereocenters. The topological polar surface area (TPSA) is 29.3 Å². The highest BCUT2D eigenvalue weighted by Crippen LogP contribution is 2.17. The van der Waals surface area contributed by atoms with Gasteiger partial charge in [-0.2, -0.15) is 0 Å². The Morgan fingerprint density at radius 1 is 1.31 bits per heavy atom. The number of benzene rings is 1. The van der Waals surface area contributed by atoms with Gasteiger partial charge in [0.15, 0.2) is 0 Å². The van der Waals surface area contributed by atoms with E-state index in [1.807, 2.05) is 18.0 Å². The third kappa shape index (κ3) is 3.81. The van der Waals surface area contributed by atoms with Crippen molar-refractivity contribution in [3.05, 3.63) is 30.1 Å². The van der Waals surface area contributed by atoms with Crippen molar-refractivity contribution in [3.63, 3.8) is 0 Å². The van der Waals surface area contributed by atoms with Crippen LogP contribution in [0.25, 0.3) is 0 Å². The van der Waals surface area contributed by atoms with Crippen LogP contribution in [0.15, 0.2) is 24.3 Å². The molecule has 0 saturated carbocycles. The zero-order valence-corrected chi connectivity index (χ0v) is 10.3. The lowest BCUT2D eigenvalue weighted by Crippen LogP contribution is -2.36. The van der Waals surface area contributed by atoms with Gasteiger partial charge in [-0.3, -0.25) is 0 Å². The molecule has 0 bridgehead atoms. The minimum atomic E-state index is -0.193. The number of hydrogen-bond donors (Lipinski definition) is 1. The molecule has 0 aromatic heterocycles. The van der Waals surface area contributed by atoms with Crippen molar-refractivity contribution in [2.24, 2.45) is 11.7 Å². The van der Waals surface area contributed by atoms with E-state index < -0.39 is 0 Å². The number of likely N-dealkylation sites (N-methyl/N-ethyl adjacent to an activating group) is 1. The zero-order valence-electron chi connectivity index (χ0n) is 10.3. The van der Waals surface area contributed by atoms with Gasteiger partial charge >= 0.3 is 0 Å². The second-order valence-corrected chi connectivity index (χ2v) is 4.72. The van der Waals surface area contributed by atoms with Crippen LogP contribution >= 0.6 is 0 Å². The summed E-state index contributed by atoms with van der Waals surface area (Å²) in [7, 11) is 1.87. The van der Waals surface area contributed by atoms with E-state index in [2.05, 4.69) is 13.8 Å². The molecule has 2 N–H and O–H groups in total. The first-order chi connectivity index (χ1) is 7.50. The SMILES string of the molecule is CC(C)CC(N)CN(C)c1ccccc1F. The fraction of sp³-hybridized carbons (Fsp3) is 0.538. The molecular formula is C13H21FN2. The van der Waals surface area contributed by atoms with Crippen molar-refractivity contribution in [2.75, 3.05) is 18.5 Å². The summed E-state index contributed by atoms with van der Waals surface area (Å²) in [4.78, 5) is 1.88. The molecule has 0 heterocycles. The molecule has 3 heteroatoms. The Morgan fingerprint density at radius 2 is 1.94 bits per heavy atom. The lowest BCUT2D eigenvalue weighted by atomic mass is 10.0. The fourth-order valence-electron chi connectivity index (χ4n) is 1.89. The number of anilines is 1. The largest absolute Gasteiger partial charge is 0.371 e. The molecule has 0 aliphatic heterocycles. The van der Waals surface area contributed by atoms with Gasteiger partial charge in [0.1, 0.15) is 5.82 Å². The summed E-state index contributed by atoms with van der Waals surface area (Å²) in [5, 5.41) is 0. The highest BCUT2D eigenvalue weighted by Gasteiger charge is 2.11. The molecule has 1 aromatic rings. The summed E-state index contributed by atoms with van der Waals surface area (Å²) in [5.41, 5.74) is 6.61. The number of halogens is 1. The minimum Gasteiger partial charge on any atom is -0.371 e. The average Bonchev–Trinajstić information content (AvgIpc) is 2.16. The second-order valence-electron chi connectivity index (χ2n) is 4.72. The molecule has 0 saturated heterocycles. The number of para-hydroxylation sites is 1. The van der Waals surface area contributed by atoms with E-state index in [9.17, 15) is 4.39 Å². The van der Waals surface area contributed by atoms with E-state index in [0.29, 0.717) is 18.2 Å². The summed E-state index contributed by atoms with van der Waals surface area (Å²) >= 11 is 0. The van der Waals surface area contributed by atoms with Gasteiger partial charge in [0, 0.05) is 19.6 Å². The number of nitrogens with zero attached hydrogens (tertiary/aromatic N) is 1. The van der Waals surface area contributed by atoms with Gasteiger partial charge in [-0.1, -0.05) is 26.0 Å². The molecule has 0 amide bonds. The summed E-state index contributed by atoms with van der Waals surface area (Å²) in [6.45, 7) is 4.96. The molecular weight excluding hydrogens is 203 g/mol. The van der Waals surface area contributed by atoms with Gasteiger partial charge < -0.3 is 10.6 Å². The average molecular weight is 224 g/mol. The lowest BCUT2D eigenvalue weighted by molar-refractivity contribution is 0.493. The van der Waals surface area contributed by atoms with Crippen LogP contribution in [0.1, 0.15) is 20.3 Å². The van der Waals surface area contributed by atoms with Crippen LogP contribution < -0.4 is 10.6 Å². The van der Waals surface area contributed by atoms with Crippen molar-refractivity contribution in [3.8, 4) is 0 Å². The molecule has 0 fully saturated rings. The van der Waals surface area contributed by atoms with Crippen molar-refractivity contribution < 1.29 is 4.39 Å². The highest BCUT2D eigenvalue weighted by molar-refractivity contribution is 5.46. The minimum absolute atomic E-state index is 0.0876. The van der Waals surface area contributed by atoms with Crippen LogP contribution in [0.3, 0.4) is 0 Å². The van der Waals surface area contributed by atoms with Crippen molar-refractivity contribution in [2.45, 2.75) is 26.3 Å². The highest BCUT2D eigenvalue weighted by atomic mass is 19.1. The third-order valence-corrected chi connectivity index (χ3v) is 2.55. The van der Waals surface area contributed by atoms with Gasteiger partial charge in [-0.05, 0) is 24.5 Å². The van der Waals surface area contributed by atoms with Crippen LogP contribution in [-0.4, -0.2) is 19.6 Å². The molecule has 1 unspecified atom stereocenters. The molecule has 16 heavy (non-hydrogen) atoms. The Balaban J connectivity index is 2.58. The maximum Gasteiger partial charge on any atom is 0.146 e. The third-order valence-electron chi connectivity index (χ3n) is 2.55. The molecule has 90 valence electrons. The molecule has 1 aromatic carbocycles. The maximum absolute atomic E-state index is 13.5. The Morgan fingerprint density at radius 3 is 2.50 bits per heavy atom. The zero-order chi connectivity index (χ0) is 12.1. The monoisotopic (exact) mass is 224 g/mol. The van der Waals surface area contributed by atoms with Gasteiger partial charge in [-0.25, -0.2) is 4.39 Å². The van der Waals surface area contributed by atoms with Gasteiger partial charge in [-0.15, -0.1) is 0 Å². The first kappa shape index (κ1) is 13.0. The van der Waals surface area contributed by atoms with Crippen LogP contribution in [0.2, 0.25) is 0 Å².